The fourth-order valence-electron chi connectivity index (χ4n) is 3.42. The number of carbonyl (C=O) groups excluding carboxylic acids is 1. The van der Waals surface area contributed by atoms with Crippen LogP contribution in [0.2, 0.25) is 0 Å². The summed E-state index contributed by atoms with van der Waals surface area (Å²) < 4.78 is 371. The van der Waals surface area contributed by atoms with E-state index < -0.39 is 183 Å². The summed E-state index contributed by atoms with van der Waals surface area (Å²) >= 11 is 0. The number of hydrogen-bond acceptors (Lipinski definition) is 7. The number of nitrogens with two attached hydrogens (primary N) is 1. The van der Waals surface area contributed by atoms with E-state index in [1.165, 1.54) is 0 Å². The Bertz CT molecular complexity index is 2580. The van der Waals surface area contributed by atoms with Gasteiger partial charge in [0.1, 0.15) is 5.69 Å². The third-order valence-electron chi connectivity index (χ3n) is 6.23. The van der Waals surface area contributed by atoms with Gasteiger partial charge in [0.2, 0.25) is 11.6 Å². The van der Waals surface area contributed by atoms with Gasteiger partial charge >= 0.3 is 37.3 Å². The van der Waals surface area contributed by atoms with Gasteiger partial charge in [-0.1, -0.05) is 0 Å². The van der Waals surface area contributed by atoms with Crippen LogP contribution in [0.5, 0.6) is 0 Å². The molecular formula is C29H7F26N3O6S2Zn. The van der Waals surface area contributed by atoms with Crippen LogP contribution in [0.3, 0.4) is 0 Å². The largest absolute Gasteiger partial charge is 2.00 e. The Kier molecular flexibility index (Phi) is 20.6. The Labute approximate surface area is 364 Å². The second kappa shape index (κ2) is 22.5. The Morgan fingerprint density at radius 1 is 0.448 bits per heavy atom. The molecule has 0 amide bonds. The summed E-state index contributed by atoms with van der Waals surface area (Å²) in [5, 5.41) is 0. The van der Waals surface area contributed by atoms with Crippen LogP contribution >= 0.6 is 0 Å². The van der Waals surface area contributed by atoms with Crippen molar-refractivity contribution >= 4 is 43.1 Å². The summed E-state index contributed by atoms with van der Waals surface area (Å²) in [6.45, 7) is 0. The third-order valence-corrected chi connectivity index (χ3v) is 7.75. The zero-order valence-corrected chi connectivity index (χ0v) is 35.1. The number of sulfonamides is 2. The molecular weight excluding hydrogens is 1110 g/mol. The van der Waals surface area contributed by atoms with Gasteiger partial charge in [-0.3, -0.25) is 4.79 Å². The van der Waals surface area contributed by atoms with Gasteiger partial charge in [0.05, 0.1) is 16.4 Å². The molecule has 0 heterocycles. The van der Waals surface area contributed by atoms with Crippen molar-refractivity contribution in [1.29, 1.82) is 0 Å². The molecule has 4 aromatic carbocycles. The second-order valence-electron chi connectivity index (χ2n) is 10.8. The number of esters is 1. The number of rotatable bonds is 6. The number of nitrogen functional groups attached to an aromatic ring is 1. The Morgan fingerprint density at radius 3 is 0.940 bits per heavy atom. The van der Waals surface area contributed by atoms with Crippen LogP contribution < -0.4 is 5.73 Å². The number of carbonyl (C=O) groups is 1. The molecule has 0 aromatic heterocycles. The number of alkyl halides is 6. The van der Waals surface area contributed by atoms with Gasteiger partial charge in [-0.05, 0) is 11.4 Å². The van der Waals surface area contributed by atoms with Crippen LogP contribution in [0.4, 0.5) is 131 Å². The maximum Gasteiger partial charge on any atom is 2.00 e. The van der Waals surface area contributed by atoms with Crippen molar-refractivity contribution in [1.82, 2.24) is 0 Å². The summed E-state index contributed by atoms with van der Waals surface area (Å²) in [5.74, 6) is -49.4. The van der Waals surface area contributed by atoms with E-state index in [2.05, 4.69) is 15.2 Å². The number of nitrogens with zero attached hydrogens (tertiary/aromatic N) is 2. The van der Waals surface area contributed by atoms with Gasteiger partial charge in [0.25, 0.3) is 0 Å². The van der Waals surface area contributed by atoms with E-state index in [0.717, 1.165) is 0 Å². The van der Waals surface area contributed by atoms with Crippen LogP contribution in [-0.4, -0.2) is 40.9 Å². The molecule has 0 atom stereocenters. The Morgan fingerprint density at radius 2 is 0.687 bits per heavy atom. The summed E-state index contributed by atoms with van der Waals surface area (Å²) in [5.41, 5.74) is -8.72. The van der Waals surface area contributed by atoms with Gasteiger partial charge in [0.15, 0.2) is 115 Å². The zero-order chi connectivity index (χ0) is 52.3. The number of ether oxygens (including phenoxy) is 1. The molecule has 370 valence electrons. The predicted octanol–water partition coefficient (Wildman–Crippen LogP) is 10.5. The maximum atomic E-state index is 13.0. The topological polar surface area (TPSA) is 149 Å². The third kappa shape index (κ3) is 14.7. The first-order valence-electron chi connectivity index (χ1n) is 14.6. The Hall–Kier alpha value is -5.55. The van der Waals surface area contributed by atoms with Crippen molar-refractivity contribution in [2.75, 3.05) is 12.0 Å². The number of anilines is 1. The molecule has 0 unspecified atom stereocenters. The standard InChI is InChI=1S/C9H2F8O2.C7F8NO2S.C7H3F5NO2S.C6H2F5N.Zn/c10-4-2(1-3(18)19-9(15,16)17)5(11)7(13)8(14)6(4)12;8-1-2(9)4(11)6(5(12)3(1)10)16-19(17,18)7(13,14)15;1-16(14,15)13-7-5(11)3(9)2(8)4(10)6(7)12;7-1-2(8)4(10)6(12)5(11)3(1)9;/h1H2;;1H3;12H2;/q;2*-1;;+2. The molecule has 0 radical (unpaired) electrons. The van der Waals surface area contributed by atoms with Gasteiger partial charge in [-0.25, -0.2) is 105 Å². The molecule has 0 aliphatic rings. The van der Waals surface area contributed by atoms with Crippen molar-refractivity contribution < 1.29 is 160 Å². The molecule has 4 aromatic rings. The summed E-state index contributed by atoms with van der Waals surface area (Å²) in [7, 11) is -10.7. The first kappa shape index (κ1) is 61.5. The average Bonchev–Trinajstić information content (AvgIpc) is 3.21. The van der Waals surface area contributed by atoms with Crippen LogP contribution in [0.15, 0.2) is 0 Å². The summed E-state index contributed by atoms with van der Waals surface area (Å²) in [6, 6.07) is 0. The molecule has 2 N–H and O–H groups in total. The molecule has 0 saturated carbocycles. The minimum Gasteiger partial charge on any atom is -0.572 e. The minimum absolute atomic E-state index is 0. The normalized spacial score (nSPS) is 11.5. The fourth-order valence-corrected chi connectivity index (χ4v) is 4.42. The van der Waals surface area contributed by atoms with Crippen molar-refractivity contribution in [2.24, 2.45) is 0 Å². The first-order chi connectivity index (χ1) is 29.6. The molecule has 38 heteroatoms. The smallest absolute Gasteiger partial charge is 0.572 e. The van der Waals surface area contributed by atoms with Gasteiger partial charge in [-0.2, -0.15) is 13.2 Å². The van der Waals surface area contributed by atoms with E-state index in [-0.39, 0.29) is 19.5 Å². The Balaban J connectivity index is 0.000000874. The monoisotopic (exact) mass is 1110 g/mol. The fraction of sp³-hybridized carbons (Fsp3) is 0.138. The minimum atomic E-state index is -6.45. The summed E-state index contributed by atoms with van der Waals surface area (Å²) in [6.07, 6.45) is -6.74. The van der Waals surface area contributed by atoms with Gasteiger partial charge in [0, 0.05) is 11.8 Å². The van der Waals surface area contributed by atoms with Crippen molar-refractivity contribution in [3.63, 3.8) is 0 Å². The van der Waals surface area contributed by atoms with Gasteiger partial charge in [-0.15, -0.1) is 13.2 Å². The number of halogens is 26. The first-order valence-corrected chi connectivity index (χ1v) is 17.9. The number of benzene rings is 4. The molecule has 67 heavy (non-hydrogen) atoms. The van der Waals surface area contributed by atoms with Crippen LogP contribution in [-0.2, 0) is 55.5 Å². The van der Waals surface area contributed by atoms with E-state index >= 15 is 0 Å². The van der Waals surface area contributed by atoms with Crippen molar-refractivity contribution in [2.45, 2.75) is 18.3 Å². The molecule has 4 rings (SSSR count). The molecule has 0 bridgehead atoms. The SMILES string of the molecule is CS(=O)(=O)[N-]c1c(F)c(F)c(F)c(F)c1F.Nc1c(F)c(F)c(F)c(F)c1F.O=C(Cc1c(F)c(F)c(F)c(F)c1F)OC(F)(F)F.O=S(=O)([N-]c1c(F)c(F)c(F)c(F)c1F)C(F)(F)F.[Zn+2]. The van der Waals surface area contributed by atoms with Crippen LogP contribution in [0, 0.1) is 116 Å². The van der Waals surface area contributed by atoms with Gasteiger partial charge < -0.3 is 19.9 Å². The molecule has 0 spiro atoms. The average molecular weight is 1120 g/mol. The van der Waals surface area contributed by atoms with E-state index in [9.17, 15) is 136 Å². The zero-order valence-electron chi connectivity index (χ0n) is 30.5. The van der Waals surface area contributed by atoms with E-state index in [4.69, 9.17) is 0 Å². The molecule has 0 fully saturated rings. The second-order valence-corrected chi connectivity index (χ2v) is 14.0. The van der Waals surface area contributed by atoms with Crippen LogP contribution in [0.1, 0.15) is 5.56 Å². The van der Waals surface area contributed by atoms with E-state index in [1.807, 2.05) is 0 Å². The number of hydrogen-bond donors (Lipinski definition) is 1. The summed E-state index contributed by atoms with van der Waals surface area (Å²) in [4.78, 5) is 10.6. The van der Waals surface area contributed by atoms with Crippen molar-refractivity contribution in [3.8, 4) is 0 Å². The van der Waals surface area contributed by atoms with E-state index in [1.54, 1.807) is 4.72 Å². The van der Waals surface area contributed by atoms with E-state index in [0.29, 0.717) is 6.26 Å². The van der Waals surface area contributed by atoms with Crippen molar-refractivity contribution in [3.05, 3.63) is 131 Å². The van der Waals surface area contributed by atoms with Crippen LogP contribution in [0.25, 0.3) is 9.44 Å². The quantitative estimate of drug-likeness (QED) is 0.0505. The molecule has 9 nitrogen and oxygen atoms in total. The molecule has 0 aliphatic carbocycles. The molecule has 0 saturated heterocycles. The molecule has 0 aliphatic heterocycles. The predicted molar refractivity (Wildman–Crippen MR) is 161 cm³/mol. The maximum absolute atomic E-state index is 13.0.